The van der Waals surface area contributed by atoms with Crippen molar-refractivity contribution in [3.8, 4) is 0 Å². The molecule has 0 fully saturated rings. The Morgan fingerprint density at radius 1 is 1.20 bits per heavy atom. The van der Waals surface area contributed by atoms with E-state index in [2.05, 4.69) is 17.0 Å². The average molecular weight is 348 g/mol. The SMILES string of the molecule is CCCC1=NN2C(=N)/C(=C/c3cccc4ccccc34)C(=O)N=C2S1. The van der Waals surface area contributed by atoms with E-state index in [1.165, 1.54) is 16.8 Å². The Labute approximate surface area is 149 Å². The molecule has 0 atom stereocenters. The second-order valence-electron chi connectivity index (χ2n) is 5.83. The van der Waals surface area contributed by atoms with E-state index >= 15 is 0 Å². The van der Waals surface area contributed by atoms with Gasteiger partial charge in [0.2, 0.25) is 5.17 Å². The molecular formula is C19H16N4OS. The fourth-order valence-corrected chi connectivity index (χ4v) is 3.86. The molecule has 0 unspecified atom stereocenters. The molecule has 2 aliphatic heterocycles. The van der Waals surface area contributed by atoms with Gasteiger partial charge in [-0.2, -0.15) is 15.1 Å². The van der Waals surface area contributed by atoms with E-state index in [0.29, 0.717) is 5.17 Å². The molecule has 0 saturated carbocycles. The summed E-state index contributed by atoms with van der Waals surface area (Å²) in [5.74, 6) is -0.300. The van der Waals surface area contributed by atoms with Gasteiger partial charge in [-0.05, 0) is 47.0 Å². The zero-order valence-electron chi connectivity index (χ0n) is 13.7. The molecule has 1 amide bonds. The van der Waals surface area contributed by atoms with Crippen LogP contribution in [0.25, 0.3) is 16.8 Å². The van der Waals surface area contributed by atoms with Crippen LogP contribution in [0.3, 0.4) is 0 Å². The highest BCUT2D eigenvalue weighted by atomic mass is 32.2. The summed E-state index contributed by atoms with van der Waals surface area (Å²) in [5.41, 5.74) is 1.16. The van der Waals surface area contributed by atoms with Gasteiger partial charge in [-0.3, -0.25) is 10.2 Å². The topological polar surface area (TPSA) is 68.9 Å². The number of nitrogens with one attached hydrogen (secondary N) is 1. The van der Waals surface area contributed by atoms with E-state index in [9.17, 15) is 4.79 Å². The van der Waals surface area contributed by atoms with Crippen molar-refractivity contribution in [3.05, 3.63) is 53.6 Å². The van der Waals surface area contributed by atoms with Gasteiger partial charge in [0.05, 0.1) is 5.57 Å². The lowest BCUT2D eigenvalue weighted by atomic mass is 10.0. The van der Waals surface area contributed by atoms with Crippen molar-refractivity contribution < 1.29 is 4.79 Å². The van der Waals surface area contributed by atoms with Crippen LogP contribution in [0.4, 0.5) is 0 Å². The quantitative estimate of drug-likeness (QED) is 0.843. The van der Waals surface area contributed by atoms with Gasteiger partial charge < -0.3 is 0 Å². The van der Waals surface area contributed by atoms with Gasteiger partial charge in [0.25, 0.3) is 5.91 Å². The molecule has 6 heteroatoms. The number of rotatable bonds is 3. The Morgan fingerprint density at radius 2 is 2.00 bits per heavy atom. The number of carbonyl (C=O) groups excluding carboxylic acids is 1. The van der Waals surface area contributed by atoms with Crippen molar-refractivity contribution in [3.63, 3.8) is 0 Å². The lowest BCUT2D eigenvalue weighted by molar-refractivity contribution is -0.114. The number of nitrogens with zero attached hydrogens (tertiary/aromatic N) is 3. The Hall–Kier alpha value is -2.73. The number of amides is 1. The number of carbonyl (C=O) groups is 1. The molecule has 0 aliphatic carbocycles. The Morgan fingerprint density at radius 3 is 2.84 bits per heavy atom. The van der Waals surface area contributed by atoms with Gasteiger partial charge >= 0.3 is 0 Å². The monoisotopic (exact) mass is 348 g/mol. The van der Waals surface area contributed by atoms with Crippen LogP contribution in [0.5, 0.6) is 0 Å². The Kier molecular flexibility index (Phi) is 3.97. The molecule has 0 bridgehead atoms. The van der Waals surface area contributed by atoms with E-state index in [4.69, 9.17) is 5.41 Å². The molecule has 0 aromatic heterocycles. The van der Waals surface area contributed by atoms with Gasteiger partial charge in [-0.25, -0.2) is 0 Å². The van der Waals surface area contributed by atoms with Gasteiger partial charge in [0, 0.05) is 0 Å². The summed E-state index contributed by atoms with van der Waals surface area (Å²) >= 11 is 1.37. The lowest BCUT2D eigenvalue weighted by Gasteiger charge is -2.20. The molecule has 0 spiro atoms. The zero-order valence-corrected chi connectivity index (χ0v) is 14.5. The molecule has 25 heavy (non-hydrogen) atoms. The maximum atomic E-state index is 12.5. The Balaban J connectivity index is 1.77. The number of thioether (sulfide) groups is 1. The number of fused-ring (bicyclic) bond motifs is 2. The minimum atomic E-state index is -0.385. The molecule has 4 rings (SSSR count). The summed E-state index contributed by atoms with van der Waals surface area (Å²) < 4.78 is 0. The number of hydrogen-bond acceptors (Lipinski definition) is 4. The maximum absolute atomic E-state index is 12.5. The third-order valence-corrected chi connectivity index (χ3v) is 5.05. The van der Waals surface area contributed by atoms with Crippen LogP contribution >= 0.6 is 11.8 Å². The summed E-state index contributed by atoms with van der Waals surface area (Å²) in [5, 5.41) is 17.8. The van der Waals surface area contributed by atoms with Gasteiger partial charge in [0.1, 0.15) is 5.04 Å². The lowest BCUT2D eigenvalue weighted by Crippen LogP contribution is -2.35. The first-order valence-electron chi connectivity index (χ1n) is 8.14. The van der Waals surface area contributed by atoms with Crippen molar-refractivity contribution in [1.82, 2.24) is 5.01 Å². The van der Waals surface area contributed by atoms with E-state index in [1.807, 2.05) is 42.5 Å². The highest BCUT2D eigenvalue weighted by Crippen LogP contribution is 2.30. The first kappa shape index (κ1) is 15.8. The number of amidine groups is 2. The normalized spacial score (nSPS) is 18.6. The van der Waals surface area contributed by atoms with Crippen LogP contribution in [0, 0.1) is 5.41 Å². The molecular weight excluding hydrogens is 332 g/mol. The average Bonchev–Trinajstić information content (AvgIpc) is 3.01. The van der Waals surface area contributed by atoms with E-state index in [-0.39, 0.29) is 17.3 Å². The minimum absolute atomic E-state index is 0.0848. The maximum Gasteiger partial charge on any atom is 0.283 e. The first-order chi connectivity index (χ1) is 12.2. The molecule has 124 valence electrons. The molecule has 5 nitrogen and oxygen atoms in total. The predicted octanol–water partition coefficient (Wildman–Crippen LogP) is 4.26. The number of hydrazone groups is 1. The number of aliphatic imine (C=N–C) groups is 1. The molecule has 1 N–H and O–H groups in total. The minimum Gasteiger partial charge on any atom is -0.282 e. The van der Waals surface area contributed by atoms with Crippen molar-refractivity contribution in [2.45, 2.75) is 19.8 Å². The highest BCUT2D eigenvalue weighted by Gasteiger charge is 2.35. The first-order valence-corrected chi connectivity index (χ1v) is 8.96. The van der Waals surface area contributed by atoms with Crippen molar-refractivity contribution in [2.24, 2.45) is 10.1 Å². The molecule has 0 saturated heterocycles. The van der Waals surface area contributed by atoms with Gasteiger partial charge in [-0.15, -0.1) is 0 Å². The third-order valence-electron chi connectivity index (χ3n) is 4.08. The van der Waals surface area contributed by atoms with Gasteiger partial charge in [-0.1, -0.05) is 49.4 Å². The van der Waals surface area contributed by atoms with Crippen molar-refractivity contribution in [1.29, 1.82) is 5.41 Å². The van der Waals surface area contributed by atoms with Crippen molar-refractivity contribution >= 4 is 50.6 Å². The van der Waals surface area contributed by atoms with Crippen LogP contribution in [-0.2, 0) is 4.79 Å². The van der Waals surface area contributed by atoms with Crippen LogP contribution in [0.15, 0.2) is 58.1 Å². The smallest absolute Gasteiger partial charge is 0.282 e. The van der Waals surface area contributed by atoms with Crippen LogP contribution in [-0.4, -0.2) is 27.0 Å². The second kappa shape index (κ2) is 6.29. The fourth-order valence-electron chi connectivity index (χ4n) is 2.88. The largest absolute Gasteiger partial charge is 0.283 e. The van der Waals surface area contributed by atoms with Gasteiger partial charge in [0.15, 0.2) is 5.84 Å². The third kappa shape index (κ3) is 2.78. The summed E-state index contributed by atoms with van der Waals surface area (Å²) in [4.78, 5) is 16.6. The van der Waals surface area contributed by atoms with Crippen LogP contribution in [0.2, 0.25) is 0 Å². The van der Waals surface area contributed by atoms with Crippen molar-refractivity contribution in [2.75, 3.05) is 0 Å². The zero-order chi connectivity index (χ0) is 17.4. The molecule has 2 aromatic rings. The molecule has 0 radical (unpaired) electrons. The predicted molar refractivity (Wildman–Crippen MR) is 104 cm³/mol. The molecule has 2 heterocycles. The number of hydrogen-bond donors (Lipinski definition) is 1. The summed E-state index contributed by atoms with van der Waals surface area (Å²) in [6, 6.07) is 13.9. The van der Waals surface area contributed by atoms with E-state index in [0.717, 1.165) is 34.2 Å². The summed E-state index contributed by atoms with van der Waals surface area (Å²) in [6.45, 7) is 2.07. The van der Waals surface area contributed by atoms with E-state index < -0.39 is 0 Å². The van der Waals surface area contributed by atoms with Crippen LogP contribution < -0.4 is 0 Å². The summed E-state index contributed by atoms with van der Waals surface area (Å²) in [7, 11) is 0. The summed E-state index contributed by atoms with van der Waals surface area (Å²) in [6.07, 6.45) is 3.53. The highest BCUT2D eigenvalue weighted by molar-refractivity contribution is 8.26. The van der Waals surface area contributed by atoms with Crippen LogP contribution in [0.1, 0.15) is 25.3 Å². The Bertz CT molecular complexity index is 985. The van der Waals surface area contributed by atoms with E-state index in [1.54, 1.807) is 6.08 Å². The fraction of sp³-hybridized carbons (Fsp3) is 0.158. The molecule has 2 aliphatic rings. The number of benzene rings is 2. The molecule has 2 aromatic carbocycles. The second-order valence-corrected chi connectivity index (χ2v) is 6.87. The standard InChI is InChI=1S/C19H16N4OS/c1-2-6-16-22-23-17(20)15(18(24)21-19(23)25-16)11-13-9-5-8-12-7-3-4-10-14(12)13/h3-5,7-11,20H,2,6H2,1H3/b15-11-,20-17?.